The fraction of sp³-hybridized carbons (Fsp3) is 0.368. The summed E-state index contributed by atoms with van der Waals surface area (Å²) >= 11 is 0. The van der Waals surface area contributed by atoms with Crippen molar-refractivity contribution >= 4 is 17.8 Å². The Morgan fingerprint density at radius 2 is 2.00 bits per heavy atom. The van der Waals surface area contributed by atoms with Crippen LogP contribution in [0.3, 0.4) is 0 Å². The number of cyclic esters (lactones) is 1. The van der Waals surface area contributed by atoms with Gasteiger partial charge in [0.25, 0.3) is 0 Å². The molecular formula is C19H20O7. The average molecular weight is 360 g/mol. The normalized spacial score (nSPS) is 32.4. The smallest absolute Gasteiger partial charge is 0.342 e. The summed E-state index contributed by atoms with van der Waals surface area (Å²) in [5.41, 5.74) is -1.17. The van der Waals surface area contributed by atoms with E-state index in [0.717, 1.165) is 0 Å². The van der Waals surface area contributed by atoms with Gasteiger partial charge in [-0.2, -0.15) is 0 Å². The van der Waals surface area contributed by atoms with Crippen LogP contribution in [0, 0.1) is 5.92 Å². The van der Waals surface area contributed by atoms with Crippen molar-refractivity contribution in [3.63, 3.8) is 0 Å². The van der Waals surface area contributed by atoms with Crippen LogP contribution in [0.5, 0.6) is 5.75 Å². The summed E-state index contributed by atoms with van der Waals surface area (Å²) in [5.74, 6) is -2.54. The van der Waals surface area contributed by atoms with E-state index >= 15 is 0 Å². The quantitative estimate of drug-likeness (QED) is 0.543. The molecular weight excluding hydrogens is 340 g/mol. The number of phenols is 1. The maximum Gasteiger partial charge on any atom is 0.342 e. The van der Waals surface area contributed by atoms with Gasteiger partial charge < -0.3 is 25.2 Å². The number of fused-ring (bicyclic) bond motifs is 2. The van der Waals surface area contributed by atoms with Gasteiger partial charge in [0.05, 0.1) is 6.61 Å². The van der Waals surface area contributed by atoms with E-state index < -0.39 is 35.5 Å². The molecule has 2 aliphatic rings. The predicted molar refractivity (Wildman–Crippen MR) is 91.2 cm³/mol. The molecule has 26 heavy (non-hydrogen) atoms. The minimum atomic E-state index is -1.82. The molecule has 0 bridgehead atoms. The second-order valence-corrected chi connectivity index (χ2v) is 6.64. The van der Waals surface area contributed by atoms with E-state index in [0.29, 0.717) is 11.1 Å². The number of esters is 1. The van der Waals surface area contributed by atoms with E-state index in [1.807, 2.05) is 0 Å². The molecule has 138 valence electrons. The van der Waals surface area contributed by atoms with Gasteiger partial charge in [-0.3, -0.25) is 4.79 Å². The maximum atomic E-state index is 12.6. The second-order valence-electron chi connectivity index (χ2n) is 6.64. The summed E-state index contributed by atoms with van der Waals surface area (Å²) in [6, 6.07) is 2.80. The highest BCUT2D eigenvalue weighted by Crippen LogP contribution is 2.37. The molecule has 4 atom stereocenters. The van der Waals surface area contributed by atoms with Gasteiger partial charge in [-0.15, -0.1) is 0 Å². The molecule has 0 saturated heterocycles. The van der Waals surface area contributed by atoms with E-state index in [4.69, 9.17) is 4.74 Å². The zero-order valence-corrected chi connectivity index (χ0v) is 14.1. The lowest BCUT2D eigenvalue weighted by Gasteiger charge is -2.41. The van der Waals surface area contributed by atoms with E-state index in [9.17, 15) is 30.0 Å². The molecule has 0 aromatic heterocycles. The van der Waals surface area contributed by atoms with Crippen LogP contribution in [0.1, 0.15) is 34.8 Å². The van der Waals surface area contributed by atoms with Gasteiger partial charge in [0.15, 0.2) is 5.78 Å². The topological polar surface area (TPSA) is 124 Å². The monoisotopic (exact) mass is 360 g/mol. The van der Waals surface area contributed by atoms with Crippen molar-refractivity contribution in [1.82, 2.24) is 0 Å². The largest absolute Gasteiger partial charge is 0.507 e. The number of rotatable bonds is 1. The van der Waals surface area contributed by atoms with Gasteiger partial charge in [-0.1, -0.05) is 18.2 Å². The van der Waals surface area contributed by atoms with Crippen LogP contribution < -0.4 is 0 Å². The van der Waals surface area contributed by atoms with E-state index in [-0.39, 0.29) is 24.3 Å². The molecule has 7 heteroatoms. The summed E-state index contributed by atoms with van der Waals surface area (Å²) in [6.45, 7) is 1.22. The van der Waals surface area contributed by atoms with Crippen molar-refractivity contribution in [1.29, 1.82) is 0 Å². The minimum absolute atomic E-state index is 0.0489. The van der Waals surface area contributed by atoms with E-state index in [2.05, 4.69) is 0 Å². The molecule has 0 radical (unpaired) electrons. The number of aromatic hydroxyl groups is 1. The van der Waals surface area contributed by atoms with E-state index in [1.54, 1.807) is 6.92 Å². The number of carbonyl (C=O) groups is 2. The van der Waals surface area contributed by atoms with Crippen LogP contribution in [-0.4, -0.2) is 50.0 Å². The third-order valence-electron chi connectivity index (χ3n) is 4.92. The molecule has 1 unspecified atom stereocenters. The Balaban J connectivity index is 2.12. The lowest BCUT2D eigenvalue weighted by molar-refractivity contribution is -0.154. The Labute approximate surface area is 149 Å². The minimum Gasteiger partial charge on any atom is -0.507 e. The van der Waals surface area contributed by atoms with Gasteiger partial charge >= 0.3 is 5.97 Å². The third-order valence-corrected chi connectivity index (χ3v) is 4.92. The highest BCUT2D eigenvalue weighted by atomic mass is 16.5. The third kappa shape index (κ3) is 2.94. The van der Waals surface area contributed by atoms with Gasteiger partial charge in [-0.05, 0) is 42.7 Å². The highest BCUT2D eigenvalue weighted by molar-refractivity contribution is 5.97. The molecule has 7 nitrogen and oxygen atoms in total. The maximum absolute atomic E-state index is 12.6. The fourth-order valence-electron chi connectivity index (χ4n) is 3.53. The number of benzene rings is 1. The molecule has 1 aromatic carbocycles. The van der Waals surface area contributed by atoms with Crippen molar-refractivity contribution in [2.75, 3.05) is 0 Å². The predicted octanol–water partition coefficient (Wildman–Crippen LogP) is 0.694. The number of aliphatic hydroxyl groups excluding tert-OH is 2. The number of hydrogen-bond donors (Lipinski definition) is 4. The van der Waals surface area contributed by atoms with Crippen molar-refractivity contribution in [2.24, 2.45) is 5.92 Å². The Kier molecular flexibility index (Phi) is 4.70. The average Bonchev–Trinajstić information content (AvgIpc) is 2.58. The number of phenolic OH excluding ortho intramolecular Hbond substituents is 1. The lowest BCUT2D eigenvalue weighted by atomic mass is 9.72. The molecule has 3 rings (SSSR count). The number of aliphatic hydroxyl groups is 3. The molecule has 0 saturated carbocycles. The molecule has 1 aromatic rings. The Morgan fingerprint density at radius 3 is 2.69 bits per heavy atom. The van der Waals surface area contributed by atoms with Crippen LogP contribution in [0.2, 0.25) is 0 Å². The van der Waals surface area contributed by atoms with Crippen LogP contribution >= 0.6 is 0 Å². The number of hydrogen-bond acceptors (Lipinski definition) is 7. The molecule has 1 aliphatic carbocycles. The van der Waals surface area contributed by atoms with Gasteiger partial charge in [0.2, 0.25) is 0 Å². The molecule has 0 spiro atoms. The molecule has 0 fully saturated rings. The summed E-state index contributed by atoms with van der Waals surface area (Å²) in [5, 5.41) is 40.6. The standard InChI is InChI=1S/C19H20O7/c1-10-13-4-5-14(21)17(23)19(13,25)6-2-3-12-7-11(9-20)8-15(22)16(12)18(24)26-10/h2-5,7-8,10,13,17,20,22-23,25H,6,9H2,1H3/b3-2+/t10-,13?,17+,19-/m0/s1. The Hall–Kier alpha value is -2.48. The summed E-state index contributed by atoms with van der Waals surface area (Å²) < 4.78 is 5.40. The molecule has 0 amide bonds. The fourth-order valence-corrected chi connectivity index (χ4v) is 3.53. The lowest BCUT2D eigenvalue weighted by Crippen LogP contribution is -2.57. The van der Waals surface area contributed by atoms with Gasteiger partial charge in [0, 0.05) is 5.92 Å². The molecule has 1 heterocycles. The van der Waals surface area contributed by atoms with Crippen molar-refractivity contribution < 1.29 is 34.8 Å². The van der Waals surface area contributed by atoms with Crippen molar-refractivity contribution in [3.8, 4) is 5.75 Å². The number of carbonyl (C=O) groups excluding carboxylic acids is 2. The van der Waals surface area contributed by atoms with Crippen molar-refractivity contribution in [3.05, 3.63) is 47.1 Å². The first-order valence-corrected chi connectivity index (χ1v) is 8.24. The molecule has 1 aliphatic heterocycles. The van der Waals surface area contributed by atoms with E-state index in [1.165, 1.54) is 36.4 Å². The summed E-state index contributed by atoms with van der Waals surface area (Å²) in [4.78, 5) is 24.4. The SMILES string of the molecule is C[C@@H]1OC(=O)c2c(O)cc(CO)cc2/C=C/C[C@]2(O)C1C=CC(=O)[C@H]2O. The van der Waals surface area contributed by atoms with Gasteiger partial charge in [0.1, 0.15) is 29.1 Å². The van der Waals surface area contributed by atoms with Crippen LogP contribution in [0.25, 0.3) is 6.08 Å². The zero-order valence-electron chi connectivity index (χ0n) is 14.1. The summed E-state index contributed by atoms with van der Waals surface area (Å²) in [7, 11) is 0. The first-order valence-electron chi connectivity index (χ1n) is 8.24. The first kappa shape index (κ1) is 18.3. The number of ketones is 1. The first-order chi connectivity index (χ1) is 12.3. The second kappa shape index (κ2) is 6.68. The summed E-state index contributed by atoms with van der Waals surface area (Å²) in [6.07, 6.45) is 3.03. The van der Waals surface area contributed by atoms with Crippen molar-refractivity contribution in [2.45, 2.75) is 37.8 Å². The van der Waals surface area contributed by atoms with Crippen LogP contribution in [0.4, 0.5) is 0 Å². The number of ether oxygens (including phenoxy) is 1. The molecule has 4 N–H and O–H groups in total. The Morgan fingerprint density at radius 1 is 1.27 bits per heavy atom. The Bertz CT molecular complexity index is 810. The van der Waals surface area contributed by atoms with Gasteiger partial charge in [-0.25, -0.2) is 4.79 Å². The van der Waals surface area contributed by atoms with Crippen LogP contribution in [-0.2, 0) is 16.1 Å². The van der Waals surface area contributed by atoms with Crippen LogP contribution in [0.15, 0.2) is 30.4 Å². The highest BCUT2D eigenvalue weighted by Gasteiger charge is 2.50. The zero-order chi connectivity index (χ0) is 19.1.